The van der Waals surface area contributed by atoms with Crippen molar-refractivity contribution >= 4 is 33.8 Å². The number of hydrogen-bond acceptors (Lipinski definition) is 4. The summed E-state index contributed by atoms with van der Waals surface area (Å²) < 4.78 is 1.85. The van der Waals surface area contributed by atoms with E-state index in [1.54, 1.807) is 0 Å². The number of rotatable bonds is 5. The van der Waals surface area contributed by atoms with E-state index in [0.29, 0.717) is 10.6 Å². The first-order chi connectivity index (χ1) is 13.4. The molecule has 144 valence electrons. The van der Waals surface area contributed by atoms with E-state index in [1.165, 1.54) is 11.3 Å². The summed E-state index contributed by atoms with van der Waals surface area (Å²) in [5.74, 6) is 0.00236. The highest BCUT2D eigenvalue weighted by Gasteiger charge is 2.30. The van der Waals surface area contributed by atoms with Crippen molar-refractivity contribution in [3.05, 3.63) is 58.2 Å². The third-order valence-electron chi connectivity index (χ3n) is 4.68. The third kappa shape index (κ3) is 3.84. The van der Waals surface area contributed by atoms with E-state index >= 15 is 0 Å². The first-order valence-electron chi connectivity index (χ1n) is 9.27. The Balaban J connectivity index is 1.51. The van der Waals surface area contributed by atoms with Crippen LogP contribution < -0.4 is 10.6 Å². The van der Waals surface area contributed by atoms with Crippen molar-refractivity contribution in [3.63, 3.8) is 0 Å². The molecule has 4 rings (SSSR count). The molecule has 1 saturated carbocycles. The van der Waals surface area contributed by atoms with Crippen molar-refractivity contribution in [1.82, 2.24) is 9.78 Å². The number of carbonyl (C=O) groups excluding carboxylic acids is 2. The van der Waals surface area contributed by atoms with E-state index in [4.69, 9.17) is 0 Å². The lowest BCUT2D eigenvalue weighted by Gasteiger charge is -2.08. The van der Waals surface area contributed by atoms with Crippen LogP contribution in [-0.4, -0.2) is 21.6 Å². The van der Waals surface area contributed by atoms with Gasteiger partial charge in [0.05, 0.1) is 21.3 Å². The van der Waals surface area contributed by atoms with Crippen LogP contribution in [0.1, 0.15) is 39.5 Å². The van der Waals surface area contributed by atoms with Gasteiger partial charge >= 0.3 is 0 Å². The molecule has 28 heavy (non-hydrogen) atoms. The van der Waals surface area contributed by atoms with Crippen molar-refractivity contribution in [2.24, 2.45) is 5.92 Å². The first kappa shape index (κ1) is 18.4. The summed E-state index contributed by atoms with van der Waals surface area (Å²) in [6.45, 7) is 5.83. The summed E-state index contributed by atoms with van der Waals surface area (Å²) in [5, 5.41) is 11.1. The molecular weight excluding hydrogens is 372 g/mol. The second-order valence-corrected chi connectivity index (χ2v) is 8.28. The highest BCUT2D eigenvalue weighted by atomic mass is 32.1. The average molecular weight is 395 g/mol. The molecule has 1 aromatic carbocycles. The molecule has 0 atom stereocenters. The van der Waals surface area contributed by atoms with Crippen LogP contribution in [0.25, 0.3) is 5.69 Å². The van der Waals surface area contributed by atoms with Crippen LogP contribution in [0.5, 0.6) is 0 Å². The number of anilines is 2. The van der Waals surface area contributed by atoms with Gasteiger partial charge in [0, 0.05) is 17.3 Å². The quantitative estimate of drug-likeness (QED) is 0.671. The zero-order valence-corrected chi connectivity index (χ0v) is 16.9. The molecule has 0 unspecified atom stereocenters. The molecule has 1 fully saturated rings. The van der Waals surface area contributed by atoms with Gasteiger partial charge in [-0.25, -0.2) is 4.68 Å². The maximum atomic E-state index is 12.8. The minimum atomic E-state index is -0.181. The minimum Gasteiger partial charge on any atom is -0.321 e. The van der Waals surface area contributed by atoms with Crippen LogP contribution in [0.2, 0.25) is 0 Å². The molecule has 0 radical (unpaired) electrons. The van der Waals surface area contributed by atoms with Gasteiger partial charge < -0.3 is 10.6 Å². The smallest absolute Gasteiger partial charge is 0.266 e. The number of aromatic nitrogens is 2. The molecule has 6 nitrogen and oxygen atoms in total. The SMILES string of the molecule is Cc1cc(C)n(-c2cccc(NC(=O)c3sc(NC(=O)C4CC4)cc3C)c2)n1. The molecule has 2 aromatic heterocycles. The zero-order valence-electron chi connectivity index (χ0n) is 16.1. The van der Waals surface area contributed by atoms with E-state index in [-0.39, 0.29) is 17.7 Å². The minimum absolute atomic E-state index is 0.0470. The van der Waals surface area contributed by atoms with E-state index in [1.807, 2.05) is 61.9 Å². The summed E-state index contributed by atoms with van der Waals surface area (Å²) in [6.07, 6.45) is 1.91. The summed E-state index contributed by atoms with van der Waals surface area (Å²) >= 11 is 1.31. The second kappa shape index (κ2) is 7.24. The van der Waals surface area contributed by atoms with Crippen molar-refractivity contribution < 1.29 is 9.59 Å². The normalized spacial score (nSPS) is 13.4. The maximum Gasteiger partial charge on any atom is 0.266 e. The lowest BCUT2D eigenvalue weighted by Crippen LogP contribution is -2.12. The van der Waals surface area contributed by atoms with Gasteiger partial charge in [-0.2, -0.15) is 5.10 Å². The molecule has 0 aliphatic heterocycles. The Labute approximate surface area is 167 Å². The predicted octanol–water partition coefficient (Wildman–Crippen LogP) is 4.46. The molecule has 7 heteroatoms. The first-order valence-corrected chi connectivity index (χ1v) is 10.1. The molecular formula is C21H22N4O2S. The van der Waals surface area contributed by atoms with Gasteiger partial charge in [0.15, 0.2) is 0 Å². The summed E-state index contributed by atoms with van der Waals surface area (Å²) in [5.41, 5.74) is 4.42. The molecule has 2 N–H and O–H groups in total. The highest BCUT2D eigenvalue weighted by Crippen LogP contribution is 2.33. The number of hydrogen-bond donors (Lipinski definition) is 2. The Morgan fingerprint density at radius 2 is 1.89 bits per heavy atom. The highest BCUT2D eigenvalue weighted by molar-refractivity contribution is 7.18. The molecule has 2 amide bonds. The number of carbonyl (C=O) groups is 2. The van der Waals surface area contributed by atoms with E-state index < -0.39 is 0 Å². The van der Waals surface area contributed by atoms with Crippen molar-refractivity contribution in [2.75, 3.05) is 10.6 Å². The molecule has 2 heterocycles. The van der Waals surface area contributed by atoms with Crippen LogP contribution in [0.15, 0.2) is 36.4 Å². The third-order valence-corrected chi connectivity index (χ3v) is 5.83. The van der Waals surface area contributed by atoms with Crippen molar-refractivity contribution in [3.8, 4) is 5.69 Å². The van der Waals surface area contributed by atoms with E-state index in [9.17, 15) is 9.59 Å². The van der Waals surface area contributed by atoms with Gasteiger partial charge in [-0.3, -0.25) is 9.59 Å². The van der Waals surface area contributed by atoms with Gasteiger partial charge in [-0.05, 0) is 69.5 Å². The van der Waals surface area contributed by atoms with Gasteiger partial charge in [0.2, 0.25) is 5.91 Å². The van der Waals surface area contributed by atoms with Gasteiger partial charge in [-0.1, -0.05) is 6.07 Å². The Bertz CT molecular complexity index is 1060. The number of nitrogens with one attached hydrogen (secondary N) is 2. The lowest BCUT2D eigenvalue weighted by molar-refractivity contribution is -0.117. The Kier molecular flexibility index (Phi) is 4.77. The second-order valence-electron chi connectivity index (χ2n) is 7.23. The van der Waals surface area contributed by atoms with Crippen LogP contribution in [-0.2, 0) is 4.79 Å². The summed E-state index contributed by atoms with van der Waals surface area (Å²) in [4.78, 5) is 25.3. The fourth-order valence-corrected chi connectivity index (χ4v) is 4.10. The van der Waals surface area contributed by atoms with Crippen LogP contribution in [0.3, 0.4) is 0 Å². The fraction of sp³-hybridized carbons (Fsp3) is 0.286. The number of benzene rings is 1. The summed E-state index contributed by atoms with van der Waals surface area (Å²) in [6, 6.07) is 11.5. The number of nitrogens with zero attached hydrogens (tertiary/aromatic N) is 2. The van der Waals surface area contributed by atoms with Crippen molar-refractivity contribution in [1.29, 1.82) is 0 Å². The number of amides is 2. The molecule has 0 saturated heterocycles. The molecule has 3 aromatic rings. The van der Waals surface area contributed by atoms with Crippen LogP contribution >= 0.6 is 11.3 Å². The zero-order chi connectivity index (χ0) is 19.8. The largest absolute Gasteiger partial charge is 0.321 e. The number of aryl methyl sites for hydroxylation is 3. The Hall–Kier alpha value is -2.93. The fourth-order valence-electron chi connectivity index (χ4n) is 3.13. The van der Waals surface area contributed by atoms with Gasteiger partial charge in [-0.15, -0.1) is 11.3 Å². The topological polar surface area (TPSA) is 76.0 Å². The Morgan fingerprint density at radius 3 is 2.57 bits per heavy atom. The molecule has 0 bridgehead atoms. The van der Waals surface area contributed by atoms with Crippen LogP contribution in [0.4, 0.5) is 10.7 Å². The lowest BCUT2D eigenvalue weighted by atomic mass is 10.2. The molecule has 1 aliphatic carbocycles. The van der Waals surface area contributed by atoms with E-state index in [0.717, 1.165) is 40.5 Å². The standard InChI is InChI=1S/C21H22N4O2S/c1-12-9-18(23-20(26)15-7-8-15)28-19(12)21(27)22-16-5-4-6-17(11-16)25-14(3)10-13(2)24-25/h4-6,9-11,15H,7-8H2,1-3H3,(H,22,27)(H,23,26). The monoisotopic (exact) mass is 394 g/mol. The van der Waals surface area contributed by atoms with Crippen molar-refractivity contribution in [2.45, 2.75) is 33.6 Å². The van der Waals surface area contributed by atoms with Crippen LogP contribution in [0, 0.1) is 26.7 Å². The van der Waals surface area contributed by atoms with E-state index in [2.05, 4.69) is 15.7 Å². The molecule has 0 spiro atoms. The summed E-state index contributed by atoms with van der Waals surface area (Å²) in [7, 11) is 0. The van der Waals surface area contributed by atoms with Gasteiger partial charge in [0.25, 0.3) is 5.91 Å². The Morgan fingerprint density at radius 1 is 1.11 bits per heavy atom. The number of thiophene rings is 1. The molecule has 1 aliphatic rings. The average Bonchev–Trinajstić information content (AvgIpc) is 3.36. The van der Waals surface area contributed by atoms with Gasteiger partial charge in [0.1, 0.15) is 0 Å². The maximum absolute atomic E-state index is 12.8. The predicted molar refractivity (Wildman–Crippen MR) is 111 cm³/mol.